The van der Waals surface area contributed by atoms with E-state index >= 15 is 0 Å². The standard InChI is InChI=1S/C19H20FN3O3S/c20-12-3-1-4-13(11-12)23-15-6-2-5-14(15)16(22-23)17(24)21-19(18(25)26)7-9-27-10-8-19/h1,3-4,11H,2,5-10H2,(H,21,24)(H,25,26). The van der Waals surface area contributed by atoms with Gasteiger partial charge in [-0.3, -0.25) is 4.79 Å². The van der Waals surface area contributed by atoms with Crippen LogP contribution in [0.2, 0.25) is 0 Å². The predicted molar refractivity (Wildman–Crippen MR) is 99.9 cm³/mol. The summed E-state index contributed by atoms with van der Waals surface area (Å²) < 4.78 is 15.2. The van der Waals surface area contributed by atoms with Crippen molar-refractivity contribution < 1.29 is 19.1 Å². The van der Waals surface area contributed by atoms with Crippen molar-refractivity contribution in [3.63, 3.8) is 0 Å². The topological polar surface area (TPSA) is 84.2 Å². The van der Waals surface area contributed by atoms with E-state index in [4.69, 9.17) is 0 Å². The fourth-order valence-electron chi connectivity index (χ4n) is 3.83. The number of rotatable bonds is 4. The molecule has 142 valence electrons. The first-order valence-corrected chi connectivity index (χ1v) is 10.2. The molecule has 4 rings (SSSR count). The number of aromatic nitrogens is 2. The zero-order valence-electron chi connectivity index (χ0n) is 14.7. The zero-order valence-corrected chi connectivity index (χ0v) is 15.5. The number of carboxylic acid groups (broad SMARTS) is 1. The molecule has 1 amide bonds. The highest BCUT2D eigenvalue weighted by molar-refractivity contribution is 7.99. The van der Waals surface area contributed by atoms with Crippen molar-refractivity contribution in [2.45, 2.75) is 37.6 Å². The average molecular weight is 389 g/mol. The van der Waals surface area contributed by atoms with Gasteiger partial charge in [-0.1, -0.05) is 6.07 Å². The third kappa shape index (κ3) is 3.22. The molecule has 1 saturated heterocycles. The molecule has 2 aliphatic rings. The summed E-state index contributed by atoms with van der Waals surface area (Å²) in [5.74, 6) is -0.439. The van der Waals surface area contributed by atoms with Gasteiger partial charge < -0.3 is 10.4 Å². The van der Waals surface area contributed by atoms with Gasteiger partial charge in [0.25, 0.3) is 5.91 Å². The molecule has 0 unspecified atom stereocenters. The van der Waals surface area contributed by atoms with Crippen LogP contribution in [0.5, 0.6) is 0 Å². The minimum Gasteiger partial charge on any atom is -0.480 e. The van der Waals surface area contributed by atoms with Crippen LogP contribution in [0.4, 0.5) is 4.39 Å². The van der Waals surface area contributed by atoms with Gasteiger partial charge in [-0.05, 0) is 61.8 Å². The first-order chi connectivity index (χ1) is 13.0. The van der Waals surface area contributed by atoms with E-state index in [-0.39, 0.29) is 11.5 Å². The van der Waals surface area contributed by atoms with Crippen LogP contribution in [-0.2, 0) is 17.6 Å². The number of fused-ring (bicyclic) bond motifs is 1. The van der Waals surface area contributed by atoms with Gasteiger partial charge in [0, 0.05) is 11.3 Å². The van der Waals surface area contributed by atoms with Crippen molar-refractivity contribution in [3.05, 3.63) is 47.0 Å². The molecule has 6 nitrogen and oxygen atoms in total. The molecular weight excluding hydrogens is 369 g/mol. The van der Waals surface area contributed by atoms with Crippen molar-refractivity contribution >= 4 is 23.6 Å². The minimum atomic E-state index is -1.24. The summed E-state index contributed by atoms with van der Waals surface area (Å²) in [7, 11) is 0. The van der Waals surface area contributed by atoms with Crippen LogP contribution in [0.25, 0.3) is 5.69 Å². The van der Waals surface area contributed by atoms with E-state index in [9.17, 15) is 19.1 Å². The maximum Gasteiger partial charge on any atom is 0.329 e. The van der Waals surface area contributed by atoms with Crippen LogP contribution in [0.15, 0.2) is 24.3 Å². The van der Waals surface area contributed by atoms with E-state index in [1.54, 1.807) is 28.6 Å². The number of carbonyl (C=O) groups is 2. The monoisotopic (exact) mass is 389 g/mol. The number of thioether (sulfide) groups is 1. The molecule has 1 fully saturated rings. The number of aliphatic carboxylic acids is 1. The van der Waals surface area contributed by atoms with E-state index in [1.165, 1.54) is 12.1 Å². The van der Waals surface area contributed by atoms with Crippen LogP contribution in [-0.4, -0.2) is 43.8 Å². The van der Waals surface area contributed by atoms with Crippen LogP contribution in [0.3, 0.4) is 0 Å². The Morgan fingerprint density at radius 2 is 2.04 bits per heavy atom. The summed E-state index contributed by atoms with van der Waals surface area (Å²) in [6.45, 7) is 0. The Morgan fingerprint density at radius 1 is 1.26 bits per heavy atom. The third-order valence-corrected chi connectivity index (χ3v) is 6.29. The SMILES string of the molecule is O=C(NC1(C(=O)O)CCSCC1)c1nn(-c2cccc(F)c2)c2c1CCC2. The second kappa shape index (κ2) is 6.99. The van der Waals surface area contributed by atoms with E-state index in [1.807, 2.05) is 0 Å². The molecule has 0 radical (unpaired) electrons. The van der Waals surface area contributed by atoms with Crippen LogP contribution >= 0.6 is 11.8 Å². The normalized spacial score (nSPS) is 18.1. The quantitative estimate of drug-likeness (QED) is 0.840. The van der Waals surface area contributed by atoms with E-state index in [0.717, 1.165) is 24.1 Å². The fraction of sp³-hybridized carbons (Fsp3) is 0.421. The lowest BCUT2D eigenvalue weighted by Crippen LogP contribution is -2.56. The smallest absolute Gasteiger partial charge is 0.329 e. The molecule has 1 aromatic heterocycles. The summed E-state index contributed by atoms with van der Waals surface area (Å²) in [6, 6.07) is 6.09. The number of hydrogen-bond acceptors (Lipinski definition) is 4. The first kappa shape index (κ1) is 18.0. The molecule has 2 N–H and O–H groups in total. The second-order valence-corrected chi connectivity index (χ2v) is 8.20. The number of benzene rings is 1. The number of carbonyl (C=O) groups excluding carboxylic acids is 1. The minimum absolute atomic E-state index is 0.255. The van der Waals surface area contributed by atoms with Crippen LogP contribution < -0.4 is 5.32 Å². The molecule has 0 atom stereocenters. The Bertz CT molecular complexity index is 906. The van der Waals surface area contributed by atoms with Crippen molar-refractivity contribution in [1.29, 1.82) is 0 Å². The molecule has 0 spiro atoms. The summed E-state index contributed by atoms with van der Waals surface area (Å²) >= 11 is 1.69. The first-order valence-electron chi connectivity index (χ1n) is 9.00. The number of nitrogens with one attached hydrogen (secondary N) is 1. The van der Waals surface area contributed by atoms with Crippen molar-refractivity contribution in [2.24, 2.45) is 0 Å². The molecule has 1 aromatic carbocycles. The maximum atomic E-state index is 13.6. The number of nitrogens with zero attached hydrogens (tertiary/aromatic N) is 2. The highest BCUT2D eigenvalue weighted by Crippen LogP contribution is 2.31. The largest absolute Gasteiger partial charge is 0.480 e. The lowest BCUT2D eigenvalue weighted by atomic mass is 9.92. The summed E-state index contributed by atoms with van der Waals surface area (Å²) in [4.78, 5) is 24.8. The molecule has 2 heterocycles. The Morgan fingerprint density at radius 3 is 2.74 bits per heavy atom. The molecule has 27 heavy (non-hydrogen) atoms. The van der Waals surface area contributed by atoms with Crippen molar-refractivity contribution in [1.82, 2.24) is 15.1 Å². The van der Waals surface area contributed by atoms with Crippen LogP contribution in [0.1, 0.15) is 41.0 Å². The molecule has 0 bridgehead atoms. The van der Waals surface area contributed by atoms with E-state index in [0.29, 0.717) is 36.5 Å². The van der Waals surface area contributed by atoms with E-state index < -0.39 is 17.4 Å². The number of hydrogen-bond donors (Lipinski definition) is 2. The Hall–Kier alpha value is -2.35. The van der Waals surface area contributed by atoms with Crippen LogP contribution in [0, 0.1) is 5.82 Å². The lowest BCUT2D eigenvalue weighted by Gasteiger charge is -2.33. The lowest BCUT2D eigenvalue weighted by molar-refractivity contribution is -0.144. The van der Waals surface area contributed by atoms with Gasteiger partial charge in [0.05, 0.1) is 5.69 Å². The summed E-state index contributed by atoms with van der Waals surface area (Å²) in [6.07, 6.45) is 3.15. The van der Waals surface area contributed by atoms with Gasteiger partial charge in [-0.15, -0.1) is 0 Å². The second-order valence-electron chi connectivity index (χ2n) is 6.97. The molecule has 0 saturated carbocycles. The van der Waals surface area contributed by atoms with E-state index in [2.05, 4.69) is 10.4 Å². The predicted octanol–water partition coefficient (Wildman–Crippen LogP) is 2.58. The highest BCUT2D eigenvalue weighted by Gasteiger charge is 2.42. The third-order valence-electron chi connectivity index (χ3n) is 5.31. The van der Waals surface area contributed by atoms with Gasteiger partial charge in [0.15, 0.2) is 5.69 Å². The van der Waals surface area contributed by atoms with Gasteiger partial charge >= 0.3 is 5.97 Å². The zero-order chi connectivity index (χ0) is 19.0. The summed E-state index contributed by atoms with van der Waals surface area (Å²) in [5, 5.41) is 16.9. The Labute approximate surface area is 160 Å². The number of carboxylic acids is 1. The van der Waals surface area contributed by atoms with Gasteiger partial charge in [0.1, 0.15) is 11.4 Å². The van der Waals surface area contributed by atoms with Crippen molar-refractivity contribution in [2.75, 3.05) is 11.5 Å². The van der Waals surface area contributed by atoms with Gasteiger partial charge in [-0.25, -0.2) is 13.9 Å². The molecule has 1 aliphatic heterocycles. The van der Waals surface area contributed by atoms with Crippen molar-refractivity contribution in [3.8, 4) is 5.69 Å². The van der Waals surface area contributed by atoms with Gasteiger partial charge in [-0.2, -0.15) is 16.9 Å². The Balaban J connectivity index is 1.69. The van der Waals surface area contributed by atoms with Gasteiger partial charge in [0.2, 0.25) is 0 Å². The fourth-order valence-corrected chi connectivity index (χ4v) is 5.02. The number of halogens is 1. The summed E-state index contributed by atoms with van der Waals surface area (Å²) in [5.41, 5.74) is 1.31. The molecular formula is C19H20FN3O3S. The Kier molecular flexibility index (Phi) is 4.67. The molecule has 2 aromatic rings. The number of amides is 1. The molecule has 8 heteroatoms. The average Bonchev–Trinajstić information content (AvgIpc) is 3.24. The maximum absolute atomic E-state index is 13.6. The highest BCUT2D eigenvalue weighted by atomic mass is 32.2. The molecule has 1 aliphatic carbocycles.